The summed E-state index contributed by atoms with van der Waals surface area (Å²) >= 11 is 0. The first-order chi connectivity index (χ1) is 10.1. The quantitative estimate of drug-likeness (QED) is 0.886. The van der Waals surface area contributed by atoms with Gasteiger partial charge in [0, 0.05) is 19.2 Å². The second-order valence-electron chi connectivity index (χ2n) is 4.57. The van der Waals surface area contributed by atoms with Crippen LogP contribution in [0.4, 0.5) is 8.78 Å². The van der Waals surface area contributed by atoms with Crippen LogP contribution in [0.5, 0.6) is 11.5 Å². The van der Waals surface area contributed by atoms with Crippen LogP contribution >= 0.6 is 0 Å². The Morgan fingerprint density at radius 1 is 0.810 bits per heavy atom. The molecule has 0 saturated heterocycles. The first-order valence-electron chi connectivity index (χ1n) is 6.49. The molecule has 21 heavy (non-hydrogen) atoms. The first kappa shape index (κ1) is 15.3. The second-order valence-corrected chi connectivity index (χ2v) is 4.57. The number of nitrogens with one attached hydrogen (secondary N) is 1. The lowest BCUT2D eigenvalue weighted by Gasteiger charge is -2.10. The van der Waals surface area contributed by atoms with E-state index in [0.29, 0.717) is 30.2 Å². The van der Waals surface area contributed by atoms with Gasteiger partial charge in [-0.3, -0.25) is 0 Å². The van der Waals surface area contributed by atoms with E-state index in [2.05, 4.69) is 5.32 Å². The van der Waals surface area contributed by atoms with Crippen LogP contribution in [0.3, 0.4) is 0 Å². The average molecular weight is 293 g/mol. The normalized spacial score (nSPS) is 10.5. The third-order valence-electron chi connectivity index (χ3n) is 3.03. The molecule has 2 rings (SSSR count). The Labute approximate surface area is 122 Å². The van der Waals surface area contributed by atoms with Gasteiger partial charge in [-0.2, -0.15) is 0 Å². The molecule has 0 aliphatic heterocycles. The number of methoxy groups -OCH3 is 2. The number of hydrogen-bond acceptors (Lipinski definition) is 3. The van der Waals surface area contributed by atoms with Crippen molar-refractivity contribution >= 4 is 0 Å². The van der Waals surface area contributed by atoms with E-state index in [1.54, 1.807) is 14.2 Å². The van der Waals surface area contributed by atoms with E-state index in [4.69, 9.17) is 9.47 Å². The maximum Gasteiger partial charge on any atom is 0.161 e. The van der Waals surface area contributed by atoms with Crippen molar-refractivity contribution in [2.24, 2.45) is 0 Å². The van der Waals surface area contributed by atoms with Crippen LogP contribution in [-0.2, 0) is 13.1 Å². The van der Waals surface area contributed by atoms with E-state index in [0.717, 1.165) is 11.6 Å². The summed E-state index contributed by atoms with van der Waals surface area (Å²) < 4.78 is 36.5. The van der Waals surface area contributed by atoms with Crippen LogP contribution in [-0.4, -0.2) is 14.2 Å². The molecule has 0 aliphatic carbocycles. The third kappa shape index (κ3) is 4.16. The van der Waals surface area contributed by atoms with Gasteiger partial charge < -0.3 is 14.8 Å². The SMILES string of the molecule is COc1ccc(CNCc2cc(F)cc(F)c2)cc1OC. The van der Waals surface area contributed by atoms with Crippen molar-refractivity contribution in [1.82, 2.24) is 5.32 Å². The number of hydrogen-bond donors (Lipinski definition) is 1. The fourth-order valence-corrected chi connectivity index (χ4v) is 2.05. The fourth-order valence-electron chi connectivity index (χ4n) is 2.05. The van der Waals surface area contributed by atoms with Gasteiger partial charge in [0.2, 0.25) is 0 Å². The highest BCUT2D eigenvalue weighted by molar-refractivity contribution is 5.42. The Hall–Kier alpha value is -2.14. The van der Waals surface area contributed by atoms with Crippen LogP contribution in [0.2, 0.25) is 0 Å². The zero-order valence-electron chi connectivity index (χ0n) is 12.0. The van der Waals surface area contributed by atoms with Gasteiger partial charge in [0.25, 0.3) is 0 Å². The molecule has 0 atom stereocenters. The number of ether oxygens (including phenoxy) is 2. The summed E-state index contributed by atoms with van der Waals surface area (Å²) in [5, 5.41) is 3.13. The van der Waals surface area contributed by atoms with Gasteiger partial charge in [-0.05, 0) is 35.4 Å². The van der Waals surface area contributed by atoms with Gasteiger partial charge >= 0.3 is 0 Å². The summed E-state index contributed by atoms with van der Waals surface area (Å²) in [5.41, 5.74) is 1.55. The molecule has 0 saturated carbocycles. The lowest BCUT2D eigenvalue weighted by Crippen LogP contribution is -2.13. The molecule has 0 heterocycles. The minimum Gasteiger partial charge on any atom is -0.493 e. The zero-order valence-corrected chi connectivity index (χ0v) is 12.0. The highest BCUT2D eigenvalue weighted by Gasteiger charge is 2.05. The molecule has 2 aromatic rings. The van der Waals surface area contributed by atoms with Gasteiger partial charge in [0.15, 0.2) is 11.5 Å². The minimum absolute atomic E-state index is 0.378. The Bertz CT molecular complexity index is 597. The van der Waals surface area contributed by atoms with E-state index < -0.39 is 11.6 Å². The Morgan fingerprint density at radius 2 is 1.43 bits per heavy atom. The topological polar surface area (TPSA) is 30.5 Å². The van der Waals surface area contributed by atoms with Crippen molar-refractivity contribution in [3.8, 4) is 11.5 Å². The summed E-state index contributed by atoms with van der Waals surface area (Å²) in [6.45, 7) is 0.932. The third-order valence-corrected chi connectivity index (χ3v) is 3.03. The highest BCUT2D eigenvalue weighted by Crippen LogP contribution is 2.27. The average Bonchev–Trinajstić information content (AvgIpc) is 2.46. The lowest BCUT2D eigenvalue weighted by molar-refractivity contribution is 0.354. The Kier molecular flexibility index (Phi) is 5.11. The molecule has 0 aromatic heterocycles. The van der Waals surface area contributed by atoms with E-state index in [9.17, 15) is 8.78 Å². The van der Waals surface area contributed by atoms with Crippen LogP contribution in [0.1, 0.15) is 11.1 Å². The molecule has 0 aliphatic rings. The molecule has 5 heteroatoms. The molecular weight excluding hydrogens is 276 g/mol. The molecule has 0 radical (unpaired) electrons. The van der Waals surface area contributed by atoms with Crippen molar-refractivity contribution in [1.29, 1.82) is 0 Å². The Balaban J connectivity index is 1.97. The molecule has 0 bridgehead atoms. The molecule has 0 fully saturated rings. The maximum atomic E-state index is 13.1. The van der Waals surface area contributed by atoms with Crippen LogP contribution in [0.15, 0.2) is 36.4 Å². The van der Waals surface area contributed by atoms with Gasteiger partial charge in [0.05, 0.1) is 14.2 Å². The van der Waals surface area contributed by atoms with E-state index >= 15 is 0 Å². The van der Waals surface area contributed by atoms with Gasteiger partial charge in [0.1, 0.15) is 11.6 Å². The standard InChI is InChI=1S/C16H17F2NO2/c1-20-15-4-3-11(7-16(15)21-2)9-19-10-12-5-13(17)8-14(18)6-12/h3-8,19H,9-10H2,1-2H3. The van der Waals surface area contributed by atoms with Crippen molar-refractivity contribution in [3.05, 3.63) is 59.2 Å². The van der Waals surface area contributed by atoms with Crippen LogP contribution in [0, 0.1) is 11.6 Å². The van der Waals surface area contributed by atoms with Gasteiger partial charge in [-0.1, -0.05) is 6.07 Å². The number of rotatable bonds is 6. The van der Waals surface area contributed by atoms with Crippen molar-refractivity contribution in [2.75, 3.05) is 14.2 Å². The summed E-state index contributed by atoms with van der Waals surface area (Å²) in [6.07, 6.45) is 0. The first-order valence-corrected chi connectivity index (χ1v) is 6.49. The fraction of sp³-hybridized carbons (Fsp3) is 0.250. The molecule has 0 unspecified atom stereocenters. The molecule has 1 N–H and O–H groups in total. The van der Waals surface area contributed by atoms with Gasteiger partial charge in [-0.15, -0.1) is 0 Å². The second kappa shape index (κ2) is 7.04. The predicted octanol–water partition coefficient (Wildman–Crippen LogP) is 3.27. The summed E-state index contributed by atoms with van der Waals surface area (Å²) in [6, 6.07) is 9.06. The minimum atomic E-state index is -0.571. The largest absolute Gasteiger partial charge is 0.493 e. The van der Waals surface area contributed by atoms with Crippen LogP contribution < -0.4 is 14.8 Å². The molecule has 112 valence electrons. The molecule has 0 amide bonds. The van der Waals surface area contributed by atoms with E-state index in [-0.39, 0.29) is 0 Å². The number of benzene rings is 2. The molecular formula is C16H17F2NO2. The van der Waals surface area contributed by atoms with Crippen molar-refractivity contribution in [3.63, 3.8) is 0 Å². The zero-order chi connectivity index (χ0) is 15.2. The number of halogens is 2. The van der Waals surface area contributed by atoms with E-state index in [1.807, 2.05) is 18.2 Å². The maximum absolute atomic E-state index is 13.1. The summed E-state index contributed by atoms with van der Waals surface area (Å²) in [5.74, 6) is 0.165. The Morgan fingerprint density at radius 3 is 2.05 bits per heavy atom. The van der Waals surface area contributed by atoms with Crippen molar-refractivity contribution in [2.45, 2.75) is 13.1 Å². The molecule has 0 spiro atoms. The monoisotopic (exact) mass is 293 g/mol. The highest BCUT2D eigenvalue weighted by atomic mass is 19.1. The predicted molar refractivity (Wildman–Crippen MR) is 76.4 cm³/mol. The van der Waals surface area contributed by atoms with Crippen molar-refractivity contribution < 1.29 is 18.3 Å². The van der Waals surface area contributed by atoms with Gasteiger partial charge in [-0.25, -0.2) is 8.78 Å². The summed E-state index contributed by atoms with van der Waals surface area (Å²) in [4.78, 5) is 0. The van der Waals surface area contributed by atoms with Crippen LogP contribution in [0.25, 0.3) is 0 Å². The summed E-state index contributed by atoms with van der Waals surface area (Å²) in [7, 11) is 3.15. The lowest BCUT2D eigenvalue weighted by atomic mass is 10.1. The van der Waals surface area contributed by atoms with E-state index in [1.165, 1.54) is 12.1 Å². The molecule has 2 aromatic carbocycles. The molecule has 3 nitrogen and oxygen atoms in total. The smallest absolute Gasteiger partial charge is 0.161 e.